The standard InChI is InChI=1S/C27H25F3N2O2/c1-19-6-2-3-7-20(19)16-32(26-10-4-9-25-24(26)8-5-15-31-25)17-22(33)18-34-23-13-11-21(12-14-23)27(28,29)30/h2-15,22,33H,16-18H2,1H3. The highest BCUT2D eigenvalue weighted by Crippen LogP contribution is 2.31. The molecule has 0 amide bonds. The van der Waals surface area contributed by atoms with Crippen molar-refractivity contribution in [3.8, 4) is 5.75 Å². The van der Waals surface area contributed by atoms with E-state index in [1.165, 1.54) is 12.1 Å². The molecule has 0 spiro atoms. The summed E-state index contributed by atoms with van der Waals surface area (Å²) in [6.07, 6.45) is -3.54. The first-order valence-corrected chi connectivity index (χ1v) is 10.9. The molecule has 4 nitrogen and oxygen atoms in total. The predicted molar refractivity (Wildman–Crippen MR) is 127 cm³/mol. The van der Waals surface area contributed by atoms with Gasteiger partial charge in [0.1, 0.15) is 18.5 Å². The topological polar surface area (TPSA) is 45.6 Å². The number of fused-ring (bicyclic) bond motifs is 1. The van der Waals surface area contributed by atoms with Gasteiger partial charge < -0.3 is 14.7 Å². The third-order valence-corrected chi connectivity index (χ3v) is 5.64. The smallest absolute Gasteiger partial charge is 0.416 e. The Hall–Kier alpha value is -3.58. The molecular formula is C27H25F3N2O2. The molecule has 0 aliphatic carbocycles. The molecule has 0 bridgehead atoms. The number of aromatic nitrogens is 1. The minimum absolute atomic E-state index is 0.0569. The van der Waals surface area contributed by atoms with E-state index >= 15 is 0 Å². The van der Waals surface area contributed by atoms with Crippen LogP contribution in [0.3, 0.4) is 0 Å². The van der Waals surface area contributed by atoms with Gasteiger partial charge >= 0.3 is 6.18 Å². The van der Waals surface area contributed by atoms with Crippen molar-refractivity contribution in [3.63, 3.8) is 0 Å². The fraction of sp³-hybridized carbons (Fsp3) is 0.222. The third-order valence-electron chi connectivity index (χ3n) is 5.64. The van der Waals surface area contributed by atoms with Crippen LogP contribution in [0.25, 0.3) is 10.9 Å². The Morgan fingerprint density at radius 3 is 2.44 bits per heavy atom. The number of hydrogen-bond donors (Lipinski definition) is 1. The zero-order chi connectivity index (χ0) is 24.1. The monoisotopic (exact) mass is 466 g/mol. The number of pyridine rings is 1. The lowest BCUT2D eigenvalue weighted by Gasteiger charge is -2.29. The van der Waals surface area contributed by atoms with Crippen molar-refractivity contribution in [1.82, 2.24) is 4.98 Å². The van der Waals surface area contributed by atoms with E-state index in [1.807, 2.05) is 55.5 Å². The molecule has 4 aromatic rings. The molecule has 0 aliphatic heterocycles. The van der Waals surface area contributed by atoms with Crippen LogP contribution in [0.2, 0.25) is 0 Å². The van der Waals surface area contributed by atoms with E-state index in [1.54, 1.807) is 6.20 Å². The van der Waals surface area contributed by atoms with Crippen molar-refractivity contribution >= 4 is 16.6 Å². The number of ether oxygens (including phenoxy) is 1. The third kappa shape index (κ3) is 5.66. The lowest BCUT2D eigenvalue weighted by atomic mass is 10.1. The second kappa shape index (κ2) is 10.1. The van der Waals surface area contributed by atoms with E-state index in [0.29, 0.717) is 6.54 Å². The van der Waals surface area contributed by atoms with Gasteiger partial charge in [0.15, 0.2) is 0 Å². The normalized spacial score (nSPS) is 12.5. The van der Waals surface area contributed by atoms with Gasteiger partial charge in [-0.15, -0.1) is 0 Å². The fourth-order valence-electron chi connectivity index (χ4n) is 3.84. The van der Waals surface area contributed by atoms with Gasteiger partial charge in [-0.25, -0.2) is 0 Å². The SMILES string of the molecule is Cc1ccccc1CN(CC(O)COc1ccc(C(F)(F)F)cc1)c1cccc2ncccc12. The van der Waals surface area contributed by atoms with Crippen molar-refractivity contribution in [1.29, 1.82) is 0 Å². The molecule has 0 saturated heterocycles. The molecule has 0 saturated carbocycles. The molecule has 176 valence electrons. The molecule has 0 fully saturated rings. The van der Waals surface area contributed by atoms with Gasteiger partial charge in [0.25, 0.3) is 0 Å². The molecule has 0 aliphatic rings. The van der Waals surface area contributed by atoms with Crippen molar-refractivity contribution in [2.24, 2.45) is 0 Å². The van der Waals surface area contributed by atoms with Crippen LogP contribution < -0.4 is 9.64 Å². The summed E-state index contributed by atoms with van der Waals surface area (Å²) < 4.78 is 43.9. The van der Waals surface area contributed by atoms with Crippen LogP contribution in [0.15, 0.2) is 85.1 Å². The van der Waals surface area contributed by atoms with Gasteiger partial charge in [0.2, 0.25) is 0 Å². The first kappa shape index (κ1) is 23.6. The highest BCUT2D eigenvalue weighted by atomic mass is 19.4. The quantitative estimate of drug-likeness (QED) is 0.346. The molecule has 3 aromatic carbocycles. The Morgan fingerprint density at radius 2 is 1.71 bits per heavy atom. The number of halogens is 3. The van der Waals surface area contributed by atoms with E-state index < -0.39 is 17.8 Å². The summed E-state index contributed by atoms with van der Waals surface area (Å²) in [5, 5.41) is 11.8. The van der Waals surface area contributed by atoms with E-state index in [2.05, 4.69) is 16.0 Å². The summed E-state index contributed by atoms with van der Waals surface area (Å²) in [4.78, 5) is 6.51. The van der Waals surface area contributed by atoms with Gasteiger partial charge in [-0.2, -0.15) is 13.2 Å². The number of aliphatic hydroxyl groups excluding tert-OH is 1. The summed E-state index contributed by atoms with van der Waals surface area (Å²) in [5.74, 6) is 0.270. The Bertz CT molecular complexity index is 1240. The molecule has 1 heterocycles. The van der Waals surface area contributed by atoms with Crippen molar-refractivity contribution < 1.29 is 23.0 Å². The Kier molecular flexibility index (Phi) is 7.03. The van der Waals surface area contributed by atoms with Gasteiger partial charge in [0.05, 0.1) is 11.1 Å². The summed E-state index contributed by atoms with van der Waals surface area (Å²) >= 11 is 0. The fourth-order valence-corrected chi connectivity index (χ4v) is 3.84. The minimum atomic E-state index is -4.40. The van der Waals surface area contributed by atoms with Gasteiger partial charge in [-0.1, -0.05) is 30.3 Å². The number of aliphatic hydroxyl groups is 1. The summed E-state index contributed by atoms with van der Waals surface area (Å²) in [5.41, 5.74) is 3.31. The number of hydrogen-bond acceptors (Lipinski definition) is 4. The van der Waals surface area contributed by atoms with Crippen LogP contribution in [-0.4, -0.2) is 29.3 Å². The van der Waals surface area contributed by atoms with Crippen LogP contribution in [0.1, 0.15) is 16.7 Å². The Labute approximate surface area is 196 Å². The van der Waals surface area contributed by atoms with E-state index in [9.17, 15) is 18.3 Å². The highest BCUT2D eigenvalue weighted by molar-refractivity contribution is 5.91. The lowest BCUT2D eigenvalue weighted by Crippen LogP contribution is -2.35. The predicted octanol–water partition coefficient (Wildman–Crippen LogP) is 6.01. The molecule has 1 aromatic heterocycles. The lowest BCUT2D eigenvalue weighted by molar-refractivity contribution is -0.137. The number of aryl methyl sites for hydroxylation is 1. The van der Waals surface area contributed by atoms with Gasteiger partial charge in [0, 0.05) is 30.4 Å². The second-order valence-electron chi connectivity index (χ2n) is 8.14. The van der Waals surface area contributed by atoms with Crippen LogP contribution >= 0.6 is 0 Å². The average molecular weight is 467 g/mol. The molecule has 4 rings (SSSR count). The zero-order valence-corrected chi connectivity index (χ0v) is 18.7. The Balaban J connectivity index is 1.52. The first-order valence-electron chi connectivity index (χ1n) is 10.9. The number of benzene rings is 3. The summed E-state index contributed by atoms with van der Waals surface area (Å²) in [7, 11) is 0. The zero-order valence-electron chi connectivity index (χ0n) is 18.7. The van der Waals surface area contributed by atoms with Crippen molar-refractivity contribution in [2.75, 3.05) is 18.1 Å². The maximum absolute atomic E-state index is 12.8. The van der Waals surface area contributed by atoms with Crippen LogP contribution in [-0.2, 0) is 12.7 Å². The second-order valence-corrected chi connectivity index (χ2v) is 8.14. The summed E-state index contributed by atoms with van der Waals surface area (Å²) in [6.45, 7) is 2.82. The van der Waals surface area contributed by atoms with Crippen molar-refractivity contribution in [2.45, 2.75) is 25.7 Å². The maximum Gasteiger partial charge on any atom is 0.416 e. The van der Waals surface area contributed by atoms with Crippen LogP contribution in [0, 0.1) is 6.92 Å². The van der Waals surface area contributed by atoms with E-state index in [-0.39, 0.29) is 18.9 Å². The summed E-state index contributed by atoms with van der Waals surface area (Å²) in [6, 6.07) is 22.3. The average Bonchev–Trinajstić information content (AvgIpc) is 2.83. The van der Waals surface area contributed by atoms with Crippen molar-refractivity contribution in [3.05, 3.63) is 102 Å². The number of anilines is 1. The van der Waals surface area contributed by atoms with E-state index in [4.69, 9.17) is 4.74 Å². The van der Waals surface area contributed by atoms with Gasteiger partial charge in [-0.05, 0) is 66.6 Å². The molecule has 1 unspecified atom stereocenters. The minimum Gasteiger partial charge on any atom is -0.491 e. The maximum atomic E-state index is 12.8. The molecule has 0 radical (unpaired) electrons. The van der Waals surface area contributed by atoms with Crippen LogP contribution in [0.5, 0.6) is 5.75 Å². The number of nitrogens with zero attached hydrogens (tertiary/aromatic N) is 2. The van der Waals surface area contributed by atoms with Crippen LogP contribution in [0.4, 0.5) is 18.9 Å². The Morgan fingerprint density at radius 1 is 0.941 bits per heavy atom. The van der Waals surface area contributed by atoms with E-state index in [0.717, 1.165) is 39.8 Å². The largest absolute Gasteiger partial charge is 0.491 e. The first-order chi connectivity index (χ1) is 16.3. The number of rotatable bonds is 8. The molecule has 1 atom stereocenters. The van der Waals surface area contributed by atoms with Gasteiger partial charge in [-0.3, -0.25) is 4.98 Å². The highest BCUT2D eigenvalue weighted by Gasteiger charge is 2.30. The molecule has 7 heteroatoms. The number of alkyl halides is 3. The molecule has 34 heavy (non-hydrogen) atoms. The molecule has 1 N–H and O–H groups in total. The molecular weight excluding hydrogens is 441 g/mol.